The highest BCUT2D eigenvalue weighted by atomic mass is 16.3. The highest BCUT2D eigenvalue weighted by Crippen LogP contribution is 2.44. The third-order valence-corrected chi connectivity index (χ3v) is 11.4. The summed E-state index contributed by atoms with van der Waals surface area (Å²) < 4.78 is 15.2. The van der Waals surface area contributed by atoms with Crippen LogP contribution in [0, 0.1) is 0 Å². The molecule has 0 N–H and O–H groups in total. The van der Waals surface area contributed by atoms with E-state index in [1.165, 1.54) is 44.0 Å². The largest absolute Gasteiger partial charge is 0.456 e. The van der Waals surface area contributed by atoms with Crippen molar-refractivity contribution >= 4 is 88.3 Å². The second-order valence-corrected chi connectivity index (χ2v) is 14.5. The number of aromatic nitrogens is 1. The molecule has 262 valence electrons. The molecule has 0 saturated carbocycles. The van der Waals surface area contributed by atoms with Gasteiger partial charge in [0.1, 0.15) is 22.3 Å². The van der Waals surface area contributed by atoms with E-state index in [0.717, 1.165) is 66.5 Å². The van der Waals surface area contributed by atoms with E-state index in [9.17, 15) is 0 Å². The van der Waals surface area contributed by atoms with Gasteiger partial charge in [0.2, 0.25) is 0 Å². The minimum absolute atomic E-state index is 0.850. The first kappa shape index (κ1) is 30.9. The molecule has 8 aromatic carbocycles. The molecule has 0 unspecified atom stereocenters. The highest BCUT2D eigenvalue weighted by Gasteiger charge is 2.21. The van der Waals surface area contributed by atoms with E-state index in [1.54, 1.807) is 0 Å². The third kappa shape index (κ3) is 4.60. The standard InChI is InChI=1S/C52H32N2O2/c1-2-12-35(13-3-1)51-44-17-10-16-39(52(44)54-45-18-7-4-11-34(45)23-30-46(51)54)33-21-24-36(25-22-33)53(37-26-28-42-40-14-5-8-19-47(40)55-49(42)31-37)38-27-29-43-41-15-6-9-20-48(41)56-50(43)32-38/h1-32H. The van der Waals surface area contributed by atoms with Gasteiger partial charge in [0, 0.05) is 67.3 Å². The number of pyridine rings is 1. The maximum atomic E-state index is 6.40. The van der Waals surface area contributed by atoms with Gasteiger partial charge in [-0.3, -0.25) is 0 Å². The molecule has 0 aliphatic rings. The van der Waals surface area contributed by atoms with Crippen LogP contribution in [-0.4, -0.2) is 4.40 Å². The van der Waals surface area contributed by atoms with Crippen molar-refractivity contribution in [2.24, 2.45) is 0 Å². The van der Waals surface area contributed by atoms with Crippen LogP contribution >= 0.6 is 0 Å². The zero-order chi connectivity index (χ0) is 36.7. The van der Waals surface area contributed by atoms with Crippen LogP contribution in [0.1, 0.15) is 0 Å². The Bertz CT molecular complexity index is 3370. The second kappa shape index (κ2) is 12.0. The van der Waals surface area contributed by atoms with E-state index in [4.69, 9.17) is 8.83 Å². The van der Waals surface area contributed by atoms with Gasteiger partial charge in [-0.15, -0.1) is 0 Å². The lowest BCUT2D eigenvalue weighted by atomic mass is 9.98. The molecule has 0 aliphatic carbocycles. The van der Waals surface area contributed by atoms with E-state index >= 15 is 0 Å². The monoisotopic (exact) mass is 716 g/mol. The van der Waals surface area contributed by atoms with Crippen LogP contribution < -0.4 is 4.90 Å². The fraction of sp³-hybridized carbons (Fsp3) is 0. The number of hydrogen-bond donors (Lipinski definition) is 0. The Morgan fingerprint density at radius 3 is 1.62 bits per heavy atom. The van der Waals surface area contributed by atoms with Crippen molar-refractivity contribution in [3.63, 3.8) is 0 Å². The lowest BCUT2D eigenvalue weighted by molar-refractivity contribution is 0.669. The van der Waals surface area contributed by atoms with E-state index in [-0.39, 0.29) is 0 Å². The van der Waals surface area contributed by atoms with Gasteiger partial charge in [-0.2, -0.15) is 0 Å². The molecule has 4 heterocycles. The number of benzene rings is 8. The number of furan rings is 2. The maximum Gasteiger partial charge on any atom is 0.137 e. The Hall–Kier alpha value is -7.56. The van der Waals surface area contributed by atoms with Crippen molar-refractivity contribution in [3.05, 3.63) is 194 Å². The smallest absolute Gasteiger partial charge is 0.137 e. The summed E-state index contributed by atoms with van der Waals surface area (Å²) >= 11 is 0. The predicted octanol–water partition coefficient (Wildman–Crippen LogP) is 14.8. The summed E-state index contributed by atoms with van der Waals surface area (Å²) in [6, 6.07) is 69.1. The predicted molar refractivity (Wildman–Crippen MR) is 233 cm³/mol. The Kier molecular flexibility index (Phi) is 6.60. The molecule has 0 atom stereocenters. The summed E-state index contributed by atoms with van der Waals surface area (Å²) in [6.45, 7) is 0. The Morgan fingerprint density at radius 1 is 0.357 bits per heavy atom. The number of hydrogen-bond acceptors (Lipinski definition) is 3. The molecular weight excluding hydrogens is 685 g/mol. The Balaban J connectivity index is 1.05. The number of fused-ring (bicyclic) bond motifs is 11. The lowest BCUT2D eigenvalue weighted by Gasteiger charge is -2.25. The zero-order valence-electron chi connectivity index (χ0n) is 30.2. The first-order chi connectivity index (χ1) is 27.8. The molecule has 0 saturated heterocycles. The van der Waals surface area contributed by atoms with E-state index in [0.29, 0.717) is 0 Å². The fourth-order valence-electron chi connectivity index (χ4n) is 8.85. The molecule has 12 aromatic rings. The topological polar surface area (TPSA) is 33.9 Å². The van der Waals surface area contributed by atoms with Crippen LogP contribution in [-0.2, 0) is 0 Å². The molecule has 12 rings (SSSR count). The number of rotatable bonds is 5. The van der Waals surface area contributed by atoms with E-state index < -0.39 is 0 Å². The number of nitrogens with zero attached hydrogens (tertiary/aromatic N) is 2. The van der Waals surface area contributed by atoms with Crippen LogP contribution in [0.5, 0.6) is 0 Å². The molecule has 4 nitrogen and oxygen atoms in total. The van der Waals surface area contributed by atoms with Crippen molar-refractivity contribution < 1.29 is 8.83 Å². The summed E-state index contributed by atoms with van der Waals surface area (Å²) in [4.78, 5) is 2.29. The molecule has 4 aromatic heterocycles. The summed E-state index contributed by atoms with van der Waals surface area (Å²) in [5, 5.41) is 6.87. The Morgan fingerprint density at radius 2 is 0.929 bits per heavy atom. The summed E-state index contributed by atoms with van der Waals surface area (Å²) in [5.74, 6) is 0. The third-order valence-electron chi connectivity index (χ3n) is 11.4. The summed E-state index contributed by atoms with van der Waals surface area (Å²) in [5.41, 5.74) is 14.9. The van der Waals surface area contributed by atoms with Crippen LogP contribution in [0.4, 0.5) is 17.1 Å². The van der Waals surface area contributed by atoms with Crippen molar-refractivity contribution in [3.8, 4) is 22.3 Å². The molecule has 0 fully saturated rings. The van der Waals surface area contributed by atoms with Crippen molar-refractivity contribution in [1.82, 2.24) is 4.40 Å². The molecule has 0 amide bonds. The van der Waals surface area contributed by atoms with Crippen LogP contribution in [0.3, 0.4) is 0 Å². The molecule has 56 heavy (non-hydrogen) atoms. The highest BCUT2D eigenvalue weighted by molar-refractivity contribution is 6.13. The van der Waals surface area contributed by atoms with E-state index in [1.807, 2.05) is 24.3 Å². The number of anilines is 3. The van der Waals surface area contributed by atoms with Gasteiger partial charge < -0.3 is 18.1 Å². The van der Waals surface area contributed by atoms with E-state index in [2.05, 4.69) is 179 Å². The van der Waals surface area contributed by atoms with Gasteiger partial charge in [0.05, 0.1) is 16.6 Å². The molecule has 4 heteroatoms. The van der Waals surface area contributed by atoms with Gasteiger partial charge >= 0.3 is 0 Å². The molecule has 0 spiro atoms. The van der Waals surface area contributed by atoms with Gasteiger partial charge in [0.25, 0.3) is 0 Å². The Labute approximate surface area is 321 Å². The van der Waals surface area contributed by atoms with Crippen LogP contribution in [0.15, 0.2) is 203 Å². The first-order valence-electron chi connectivity index (χ1n) is 19.0. The van der Waals surface area contributed by atoms with Crippen LogP contribution in [0.25, 0.3) is 93.5 Å². The number of para-hydroxylation sites is 4. The van der Waals surface area contributed by atoms with Gasteiger partial charge in [-0.05, 0) is 77.2 Å². The molecule has 0 aliphatic heterocycles. The molecule has 0 bridgehead atoms. The molecular formula is C52H32N2O2. The average molecular weight is 717 g/mol. The van der Waals surface area contributed by atoms with Gasteiger partial charge in [0.15, 0.2) is 0 Å². The maximum absolute atomic E-state index is 6.40. The molecule has 0 radical (unpaired) electrons. The van der Waals surface area contributed by atoms with Crippen molar-refractivity contribution in [2.45, 2.75) is 0 Å². The van der Waals surface area contributed by atoms with Crippen molar-refractivity contribution in [1.29, 1.82) is 0 Å². The quantitative estimate of drug-likeness (QED) is 0.178. The lowest BCUT2D eigenvalue weighted by Crippen LogP contribution is -2.09. The summed E-state index contributed by atoms with van der Waals surface area (Å²) in [7, 11) is 0. The minimum atomic E-state index is 0.850. The van der Waals surface area contributed by atoms with Gasteiger partial charge in [-0.1, -0.05) is 121 Å². The first-order valence-corrected chi connectivity index (χ1v) is 19.0. The second-order valence-electron chi connectivity index (χ2n) is 14.5. The minimum Gasteiger partial charge on any atom is -0.456 e. The van der Waals surface area contributed by atoms with Gasteiger partial charge in [-0.25, -0.2) is 0 Å². The summed E-state index contributed by atoms with van der Waals surface area (Å²) in [6.07, 6.45) is 0. The SMILES string of the molecule is c1ccc(-c2c3cccc(-c4ccc(N(c5ccc6c(c5)oc5ccccc56)c5ccc6c(c5)oc5ccccc56)cc4)c3n3c2ccc2ccccc23)cc1. The van der Waals surface area contributed by atoms with Crippen molar-refractivity contribution in [2.75, 3.05) is 4.90 Å². The normalized spacial score (nSPS) is 11.9. The zero-order valence-corrected chi connectivity index (χ0v) is 30.2. The fourth-order valence-corrected chi connectivity index (χ4v) is 8.85. The van der Waals surface area contributed by atoms with Crippen LogP contribution in [0.2, 0.25) is 0 Å². The average Bonchev–Trinajstić information content (AvgIpc) is 3.93.